The van der Waals surface area contributed by atoms with E-state index in [0.717, 1.165) is 0 Å². The van der Waals surface area contributed by atoms with Crippen molar-refractivity contribution in [3.05, 3.63) is 0 Å². The van der Waals surface area contributed by atoms with Crippen LogP contribution in [0.2, 0.25) is 0 Å². The average molecular weight is 349 g/mol. The predicted octanol–water partition coefficient (Wildman–Crippen LogP) is 3.17. The minimum absolute atomic E-state index is 0.0569. The van der Waals surface area contributed by atoms with Gasteiger partial charge in [-0.15, -0.1) is 0 Å². The number of nitriles is 1. The lowest BCUT2D eigenvalue weighted by molar-refractivity contribution is -0.139. The third-order valence-electron chi connectivity index (χ3n) is 5.04. The normalized spacial score (nSPS) is 19.9. The first-order valence-corrected chi connectivity index (χ1v) is 9.38. The van der Waals surface area contributed by atoms with Crippen LogP contribution in [0, 0.1) is 23.2 Å². The molecule has 140 valence electrons. The molecule has 1 heterocycles. The Labute approximate surface area is 151 Å². The standard InChI is InChI=1S/C19H31N3O3/c1-14(15-6-7-15)22(11-5-10-20)17(23)16-8-12-21(13-9-16)18(24)25-19(2,3)4/h14-16H,5-9,11-13H2,1-4H3. The highest BCUT2D eigenvalue weighted by atomic mass is 16.6. The van der Waals surface area contributed by atoms with Crippen LogP contribution >= 0.6 is 0 Å². The van der Waals surface area contributed by atoms with Crippen molar-refractivity contribution in [3.63, 3.8) is 0 Å². The van der Waals surface area contributed by atoms with Gasteiger partial charge in [0.05, 0.1) is 12.5 Å². The summed E-state index contributed by atoms with van der Waals surface area (Å²) >= 11 is 0. The lowest BCUT2D eigenvalue weighted by Gasteiger charge is -2.37. The Bertz CT molecular complexity index is 523. The number of rotatable bonds is 5. The number of hydrogen-bond donors (Lipinski definition) is 0. The van der Waals surface area contributed by atoms with Crippen LogP contribution in [0.3, 0.4) is 0 Å². The van der Waals surface area contributed by atoms with Crippen LogP contribution in [0.15, 0.2) is 0 Å². The number of amides is 2. The maximum Gasteiger partial charge on any atom is 0.410 e. The van der Waals surface area contributed by atoms with Crippen molar-refractivity contribution < 1.29 is 14.3 Å². The summed E-state index contributed by atoms with van der Waals surface area (Å²) < 4.78 is 5.41. The van der Waals surface area contributed by atoms with E-state index in [1.807, 2.05) is 25.7 Å². The Morgan fingerprint density at radius 2 is 1.84 bits per heavy atom. The Kier molecular flexibility index (Phi) is 6.31. The van der Waals surface area contributed by atoms with Gasteiger partial charge in [0.2, 0.25) is 5.91 Å². The van der Waals surface area contributed by atoms with Gasteiger partial charge in [0, 0.05) is 31.6 Å². The molecule has 0 N–H and O–H groups in total. The molecule has 1 unspecified atom stereocenters. The SMILES string of the molecule is CC(C1CC1)N(CCC#N)C(=O)C1CCN(C(=O)OC(C)(C)C)CC1. The summed E-state index contributed by atoms with van der Waals surface area (Å²) in [6.07, 6.45) is 3.76. The Morgan fingerprint density at radius 3 is 2.32 bits per heavy atom. The molecule has 0 aromatic heterocycles. The Balaban J connectivity index is 1.90. The first kappa shape index (κ1) is 19.6. The van der Waals surface area contributed by atoms with Crippen molar-refractivity contribution in [2.45, 2.75) is 71.4 Å². The molecule has 1 saturated heterocycles. The molecule has 0 spiro atoms. The summed E-state index contributed by atoms with van der Waals surface area (Å²) in [6.45, 7) is 9.28. The van der Waals surface area contributed by atoms with Crippen molar-refractivity contribution >= 4 is 12.0 Å². The number of piperidine rings is 1. The fourth-order valence-electron chi connectivity index (χ4n) is 3.39. The topological polar surface area (TPSA) is 73.6 Å². The van der Waals surface area contributed by atoms with E-state index >= 15 is 0 Å². The van der Waals surface area contributed by atoms with Gasteiger partial charge < -0.3 is 14.5 Å². The van der Waals surface area contributed by atoms with Crippen molar-refractivity contribution in [2.75, 3.05) is 19.6 Å². The molecule has 6 nitrogen and oxygen atoms in total. The first-order chi connectivity index (χ1) is 11.7. The average Bonchev–Trinajstić information content (AvgIpc) is 3.38. The van der Waals surface area contributed by atoms with Crippen LogP contribution in [-0.2, 0) is 9.53 Å². The van der Waals surface area contributed by atoms with Crippen molar-refractivity contribution in [3.8, 4) is 6.07 Å². The summed E-state index contributed by atoms with van der Waals surface area (Å²) in [5.41, 5.74) is -0.502. The van der Waals surface area contributed by atoms with Crippen molar-refractivity contribution in [1.29, 1.82) is 5.26 Å². The van der Waals surface area contributed by atoms with Crippen LogP contribution in [0.5, 0.6) is 0 Å². The van der Waals surface area contributed by atoms with Crippen LogP contribution in [-0.4, -0.2) is 53.1 Å². The van der Waals surface area contributed by atoms with Gasteiger partial charge in [-0.25, -0.2) is 4.79 Å². The second-order valence-corrected chi connectivity index (χ2v) is 8.26. The van der Waals surface area contributed by atoms with E-state index in [1.54, 1.807) is 4.90 Å². The highest BCUT2D eigenvalue weighted by molar-refractivity contribution is 5.79. The summed E-state index contributed by atoms with van der Waals surface area (Å²) in [4.78, 5) is 28.7. The lowest BCUT2D eigenvalue weighted by Crippen LogP contribution is -2.48. The molecule has 6 heteroatoms. The van der Waals surface area contributed by atoms with E-state index in [2.05, 4.69) is 13.0 Å². The van der Waals surface area contributed by atoms with E-state index in [4.69, 9.17) is 10.00 Å². The number of carbonyl (C=O) groups excluding carboxylic acids is 2. The monoisotopic (exact) mass is 349 g/mol. The van der Waals surface area contributed by atoms with Crippen molar-refractivity contribution in [2.24, 2.45) is 11.8 Å². The Hall–Kier alpha value is -1.77. The minimum atomic E-state index is -0.502. The summed E-state index contributed by atoms with van der Waals surface area (Å²) in [5, 5.41) is 8.89. The molecule has 0 radical (unpaired) electrons. The minimum Gasteiger partial charge on any atom is -0.444 e. The molecule has 1 aliphatic carbocycles. The van der Waals surface area contributed by atoms with Gasteiger partial charge in [0.1, 0.15) is 5.60 Å². The third-order valence-corrected chi connectivity index (χ3v) is 5.04. The number of likely N-dealkylation sites (tertiary alicyclic amines) is 1. The molecule has 1 atom stereocenters. The quantitative estimate of drug-likeness (QED) is 0.764. The third kappa shape index (κ3) is 5.62. The first-order valence-electron chi connectivity index (χ1n) is 9.38. The van der Waals surface area contributed by atoms with Gasteiger partial charge >= 0.3 is 6.09 Å². The van der Waals surface area contributed by atoms with E-state index in [-0.39, 0.29) is 24.0 Å². The Morgan fingerprint density at radius 1 is 1.24 bits per heavy atom. The maximum absolute atomic E-state index is 13.0. The fourth-order valence-corrected chi connectivity index (χ4v) is 3.39. The molecular weight excluding hydrogens is 318 g/mol. The van der Waals surface area contributed by atoms with E-state index < -0.39 is 5.60 Å². The lowest BCUT2D eigenvalue weighted by atomic mass is 9.94. The molecule has 0 aromatic carbocycles. The number of nitrogens with zero attached hydrogens (tertiary/aromatic N) is 3. The molecular formula is C19H31N3O3. The van der Waals surface area contributed by atoms with Gasteiger partial charge in [0.25, 0.3) is 0 Å². The number of ether oxygens (including phenoxy) is 1. The molecule has 2 amide bonds. The van der Waals surface area contributed by atoms with Gasteiger partial charge in [-0.2, -0.15) is 5.26 Å². The molecule has 2 fully saturated rings. The van der Waals surface area contributed by atoms with Gasteiger partial charge in [-0.3, -0.25) is 4.79 Å². The van der Waals surface area contributed by atoms with E-state index in [1.165, 1.54) is 12.8 Å². The number of carbonyl (C=O) groups is 2. The smallest absolute Gasteiger partial charge is 0.410 e. The van der Waals surface area contributed by atoms with Gasteiger partial charge in [0.15, 0.2) is 0 Å². The maximum atomic E-state index is 13.0. The molecule has 0 bridgehead atoms. The second-order valence-electron chi connectivity index (χ2n) is 8.26. The van der Waals surface area contributed by atoms with E-state index in [9.17, 15) is 9.59 Å². The largest absolute Gasteiger partial charge is 0.444 e. The zero-order valence-corrected chi connectivity index (χ0v) is 16.0. The zero-order chi connectivity index (χ0) is 18.6. The van der Waals surface area contributed by atoms with Gasteiger partial charge in [-0.1, -0.05) is 0 Å². The number of hydrogen-bond acceptors (Lipinski definition) is 4. The van der Waals surface area contributed by atoms with Gasteiger partial charge in [-0.05, 0) is 59.3 Å². The molecule has 25 heavy (non-hydrogen) atoms. The van der Waals surface area contributed by atoms with Crippen LogP contribution in [0.4, 0.5) is 4.79 Å². The van der Waals surface area contributed by atoms with Crippen molar-refractivity contribution in [1.82, 2.24) is 9.80 Å². The second kappa shape index (κ2) is 8.07. The van der Waals surface area contributed by atoms with Crippen LogP contribution in [0.1, 0.15) is 59.8 Å². The fraction of sp³-hybridized carbons (Fsp3) is 0.842. The predicted molar refractivity (Wildman–Crippen MR) is 94.7 cm³/mol. The van der Waals surface area contributed by atoms with E-state index in [0.29, 0.717) is 44.8 Å². The van der Waals surface area contributed by atoms with Crippen LogP contribution in [0.25, 0.3) is 0 Å². The summed E-state index contributed by atoms with van der Waals surface area (Å²) in [6, 6.07) is 2.36. The molecule has 2 rings (SSSR count). The zero-order valence-electron chi connectivity index (χ0n) is 16.0. The highest BCUT2D eigenvalue weighted by Gasteiger charge is 2.38. The molecule has 2 aliphatic rings. The molecule has 1 saturated carbocycles. The molecule has 0 aromatic rings. The summed E-state index contributed by atoms with van der Waals surface area (Å²) in [5.74, 6) is 0.682. The molecule has 1 aliphatic heterocycles. The summed E-state index contributed by atoms with van der Waals surface area (Å²) in [7, 11) is 0. The highest BCUT2D eigenvalue weighted by Crippen LogP contribution is 2.36. The van der Waals surface area contributed by atoms with Crippen LogP contribution < -0.4 is 0 Å².